The Morgan fingerprint density at radius 2 is 1.80 bits per heavy atom. The van der Waals surface area contributed by atoms with Crippen LogP contribution in [0, 0.1) is 27.7 Å². The van der Waals surface area contributed by atoms with E-state index in [1.807, 2.05) is 31.2 Å². The highest BCUT2D eigenvalue weighted by Gasteiger charge is 2.14. The fourth-order valence-corrected chi connectivity index (χ4v) is 4.36. The fourth-order valence-electron chi connectivity index (χ4n) is 3.37. The van der Waals surface area contributed by atoms with Gasteiger partial charge in [-0.25, -0.2) is 5.43 Å². The molecular weight excluding hydrogens is 414 g/mol. The van der Waals surface area contributed by atoms with Gasteiger partial charge in [0.15, 0.2) is 0 Å². The first-order valence-electron chi connectivity index (χ1n) is 9.78. The van der Waals surface area contributed by atoms with E-state index in [0.717, 1.165) is 27.5 Å². The van der Waals surface area contributed by atoms with Gasteiger partial charge < -0.3 is 4.57 Å². The number of rotatable bonds is 6. The van der Waals surface area contributed by atoms with E-state index in [1.54, 1.807) is 6.21 Å². The molecule has 1 aromatic heterocycles. The van der Waals surface area contributed by atoms with E-state index in [0.29, 0.717) is 5.02 Å². The van der Waals surface area contributed by atoms with Crippen LogP contribution in [0.5, 0.6) is 0 Å². The lowest BCUT2D eigenvalue weighted by Gasteiger charge is -2.13. The van der Waals surface area contributed by atoms with Crippen LogP contribution >= 0.6 is 23.4 Å². The summed E-state index contributed by atoms with van der Waals surface area (Å²) in [6.45, 7) is 10.2. The third kappa shape index (κ3) is 5.15. The van der Waals surface area contributed by atoms with Gasteiger partial charge in [0.2, 0.25) is 0 Å². The molecule has 3 aromatic rings. The Balaban J connectivity index is 1.69. The predicted octanol–water partition coefficient (Wildman–Crippen LogP) is 6.00. The summed E-state index contributed by atoms with van der Waals surface area (Å²) in [7, 11) is 0. The van der Waals surface area contributed by atoms with Crippen molar-refractivity contribution in [2.24, 2.45) is 5.10 Å². The number of nitrogens with zero attached hydrogens (tertiary/aromatic N) is 2. The average molecular weight is 440 g/mol. The molecule has 0 spiro atoms. The predicted molar refractivity (Wildman–Crippen MR) is 127 cm³/mol. The van der Waals surface area contributed by atoms with Gasteiger partial charge in [-0.2, -0.15) is 5.10 Å². The van der Waals surface area contributed by atoms with Crippen LogP contribution in [0.25, 0.3) is 5.69 Å². The molecule has 0 aliphatic rings. The second-order valence-electron chi connectivity index (χ2n) is 7.40. The maximum Gasteiger partial charge on any atom is 0.253 e. The zero-order chi connectivity index (χ0) is 21.8. The first-order valence-corrected chi connectivity index (χ1v) is 11.0. The minimum atomic E-state index is -0.272. The summed E-state index contributed by atoms with van der Waals surface area (Å²) < 4.78 is 2.22. The summed E-state index contributed by atoms with van der Waals surface area (Å²) in [6.07, 6.45) is 1.71. The molecule has 0 saturated carbocycles. The molecule has 0 aliphatic heterocycles. The van der Waals surface area contributed by atoms with Crippen LogP contribution in [-0.4, -0.2) is 21.9 Å². The van der Waals surface area contributed by atoms with E-state index < -0.39 is 0 Å². The first kappa shape index (κ1) is 22.2. The second-order valence-corrected chi connectivity index (χ2v) is 9.25. The molecule has 2 aromatic carbocycles. The molecule has 0 aliphatic carbocycles. The van der Waals surface area contributed by atoms with Gasteiger partial charge >= 0.3 is 0 Å². The maximum absolute atomic E-state index is 12.4. The Morgan fingerprint density at radius 1 is 1.10 bits per heavy atom. The Kier molecular flexibility index (Phi) is 7.06. The van der Waals surface area contributed by atoms with Gasteiger partial charge in [0, 0.05) is 32.6 Å². The normalized spacial score (nSPS) is 12.3. The van der Waals surface area contributed by atoms with Crippen molar-refractivity contribution in [3.63, 3.8) is 0 Å². The first-order chi connectivity index (χ1) is 14.3. The zero-order valence-corrected chi connectivity index (χ0v) is 19.4. The number of hydrogen-bond donors (Lipinski definition) is 1. The number of amides is 1. The molecule has 30 heavy (non-hydrogen) atoms. The molecule has 4 nitrogen and oxygen atoms in total. The number of halogens is 1. The molecule has 1 heterocycles. The van der Waals surface area contributed by atoms with Crippen molar-refractivity contribution < 1.29 is 4.79 Å². The Morgan fingerprint density at radius 3 is 2.47 bits per heavy atom. The molecule has 1 amide bonds. The van der Waals surface area contributed by atoms with Crippen LogP contribution in [-0.2, 0) is 4.79 Å². The van der Waals surface area contributed by atoms with Gasteiger partial charge in [0.1, 0.15) is 0 Å². The van der Waals surface area contributed by atoms with Crippen molar-refractivity contribution in [1.82, 2.24) is 9.99 Å². The van der Waals surface area contributed by atoms with Gasteiger partial charge in [-0.1, -0.05) is 29.3 Å². The lowest BCUT2D eigenvalue weighted by Crippen LogP contribution is -2.26. The van der Waals surface area contributed by atoms with E-state index in [-0.39, 0.29) is 11.2 Å². The van der Waals surface area contributed by atoms with Gasteiger partial charge in [0.25, 0.3) is 5.91 Å². The number of benzene rings is 2. The quantitative estimate of drug-likeness (QED) is 0.291. The largest absolute Gasteiger partial charge is 0.318 e. The summed E-state index contributed by atoms with van der Waals surface area (Å²) >= 11 is 7.38. The number of carbonyl (C=O) groups excluding carboxylic acids is 1. The summed E-state index contributed by atoms with van der Waals surface area (Å²) in [5.74, 6) is -0.144. The summed E-state index contributed by atoms with van der Waals surface area (Å²) in [4.78, 5) is 13.4. The number of nitrogens with one attached hydrogen (secondary N) is 1. The van der Waals surface area contributed by atoms with Gasteiger partial charge in [0.05, 0.1) is 11.5 Å². The lowest BCUT2D eigenvalue weighted by atomic mass is 10.1. The fraction of sp³-hybridized carbons (Fsp3) is 0.250. The van der Waals surface area contributed by atoms with Crippen LogP contribution in [0.1, 0.15) is 35.0 Å². The molecule has 6 heteroatoms. The van der Waals surface area contributed by atoms with Crippen molar-refractivity contribution in [1.29, 1.82) is 0 Å². The van der Waals surface area contributed by atoms with Crippen LogP contribution < -0.4 is 5.43 Å². The number of thioether (sulfide) groups is 1. The van der Waals surface area contributed by atoms with Crippen LogP contribution in [0.15, 0.2) is 58.5 Å². The van der Waals surface area contributed by atoms with Crippen molar-refractivity contribution in [3.05, 3.63) is 81.6 Å². The van der Waals surface area contributed by atoms with E-state index in [2.05, 4.69) is 67.1 Å². The highest BCUT2D eigenvalue weighted by molar-refractivity contribution is 8.00. The molecule has 1 atom stereocenters. The molecule has 0 radical (unpaired) electrons. The smallest absolute Gasteiger partial charge is 0.253 e. The van der Waals surface area contributed by atoms with Crippen molar-refractivity contribution in [2.45, 2.75) is 44.8 Å². The Bertz CT molecular complexity index is 1090. The highest BCUT2D eigenvalue weighted by atomic mass is 35.5. The Labute approximate surface area is 187 Å². The van der Waals surface area contributed by atoms with Crippen molar-refractivity contribution in [2.75, 3.05) is 0 Å². The molecule has 0 fully saturated rings. The monoisotopic (exact) mass is 439 g/mol. The molecule has 1 unspecified atom stereocenters. The molecule has 0 saturated heterocycles. The van der Waals surface area contributed by atoms with Crippen LogP contribution in [0.2, 0.25) is 5.02 Å². The number of hydrogen-bond acceptors (Lipinski definition) is 3. The standard InChI is InChI=1S/C24H26ClN3OS/c1-15-6-11-23(16(2)12-15)28-17(3)13-20(18(28)4)14-26-27-24(29)19(5)30-22-9-7-21(25)8-10-22/h6-14,19H,1-5H3,(H,27,29)/b26-14+. The highest BCUT2D eigenvalue weighted by Crippen LogP contribution is 2.25. The van der Waals surface area contributed by atoms with Gasteiger partial charge in [-0.3, -0.25) is 4.79 Å². The second kappa shape index (κ2) is 9.54. The third-order valence-electron chi connectivity index (χ3n) is 4.94. The number of carbonyl (C=O) groups is 1. The summed E-state index contributed by atoms with van der Waals surface area (Å²) in [5, 5.41) is 4.60. The van der Waals surface area contributed by atoms with Gasteiger partial charge in [-0.15, -0.1) is 11.8 Å². The molecular formula is C24H26ClN3OS. The lowest BCUT2D eigenvalue weighted by molar-refractivity contribution is -0.120. The number of hydrazone groups is 1. The maximum atomic E-state index is 12.4. The van der Waals surface area contributed by atoms with Crippen molar-refractivity contribution >= 4 is 35.5 Å². The molecule has 0 bridgehead atoms. The molecule has 156 valence electrons. The minimum Gasteiger partial charge on any atom is -0.318 e. The van der Waals surface area contributed by atoms with Crippen molar-refractivity contribution in [3.8, 4) is 5.69 Å². The van der Waals surface area contributed by atoms with E-state index in [4.69, 9.17) is 11.6 Å². The molecule has 1 N–H and O–H groups in total. The summed E-state index contributed by atoms with van der Waals surface area (Å²) in [5.41, 5.74) is 9.46. The van der Waals surface area contributed by atoms with Crippen LogP contribution in [0.4, 0.5) is 0 Å². The minimum absolute atomic E-state index is 0.144. The SMILES string of the molecule is Cc1ccc(-n2c(C)cc(/C=N/NC(=O)C(C)Sc3ccc(Cl)cc3)c2C)c(C)c1. The number of aromatic nitrogens is 1. The Hall–Kier alpha value is -2.50. The third-order valence-corrected chi connectivity index (χ3v) is 6.30. The van der Waals surface area contributed by atoms with Crippen LogP contribution in [0.3, 0.4) is 0 Å². The zero-order valence-electron chi connectivity index (χ0n) is 17.9. The molecule has 3 rings (SSSR count). The van der Waals surface area contributed by atoms with Gasteiger partial charge in [-0.05, 0) is 76.6 Å². The average Bonchev–Trinajstić information content (AvgIpc) is 2.97. The van der Waals surface area contributed by atoms with E-state index >= 15 is 0 Å². The van der Waals surface area contributed by atoms with E-state index in [1.165, 1.54) is 22.9 Å². The topological polar surface area (TPSA) is 46.4 Å². The van der Waals surface area contributed by atoms with E-state index in [9.17, 15) is 4.79 Å². The number of aryl methyl sites for hydroxylation is 3. The summed E-state index contributed by atoms with van der Waals surface area (Å²) in [6, 6.07) is 16.0.